The minimum atomic E-state index is -0.523. The van der Waals surface area contributed by atoms with Crippen LogP contribution in [0.3, 0.4) is 0 Å². The number of piperidine rings is 2. The van der Waals surface area contributed by atoms with Crippen LogP contribution in [-0.4, -0.2) is 47.4 Å². The van der Waals surface area contributed by atoms with E-state index in [-0.39, 0.29) is 17.9 Å². The van der Waals surface area contributed by atoms with E-state index in [0.29, 0.717) is 26.1 Å². The Morgan fingerprint density at radius 2 is 1.74 bits per heavy atom. The molecule has 1 atom stereocenters. The quantitative estimate of drug-likeness (QED) is 0.719. The molecule has 2 aliphatic heterocycles. The highest BCUT2D eigenvalue weighted by molar-refractivity contribution is 5.89. The van der Waals surface area contributed by atoms with Gasteiger partial charge in [-0.1, -0.05) is 42.5 Å². The van der Waals surface area contributed by atoms with Gasteiger partial charge in [-0.3, -0.25) is 9.59 Å². The van der Waals surface area contributed by atoms with E-state index in [9.17, 15) is 9.59 Å². The van der Waals surface area contributed by atoms with Crippen LogP contribution in [0.25, 0.3) is 0 Å². The first kappa shape index (κ1) is 21.4. The van der Waals surface area contributed by atoms with Gasteiger partial charge in [-0.25, -0.2) is 0 Å². The van der Waals surface area contributed by atoms with E-state index in [2.05, 4.69) is 32.0 Å². The molecule has 0 radical (unpaired) electrons. The molecule has 2 aliphatic rings. The van der Waals surface area contributed by atoms with E-state index >= 15 is 0 Å². The van der Waals surface area contributed by atoms with Crippen molar-refractivity contribution in [1.82, 2.24) is 9.80 Å². The number of benzene rings is 2. The fourth-order valence-electron chi connectivity index (χ4n) is 4.57. The standard InChI is InChI=1S/C26H32N2O3/c1-19-11-12-20(2)23(18-19)31-22-13-16-27(17-14-22)26(30)25(21-8-4-3-5-9-21)28-15-7-6-10-24(28)29/h3-5,8-9,11-12,18,22,25H,6-7,10,13-17H2,1-2H3. The first-order chi connectivity index (χ1) is 15.0. The molecule has 0 bridgehead atoms. The molecule has 0 saturated carbocycles. The Kier molecular flexibility index (Phi) is 6.59. The fourth-order valence-corrected chi connectivity index (χ4v) is 4.57. The van der Waals surface area contributed by atoms with E-state index in [1.807, 2.05) is 35.2 Å². The van der Waals surface area contributed by atoms with Crippen molar-refractivity contribution >= 4 is 11.8 Å². The Labute approximate surface area is 185 Å². The third kappa shape index (κ3) is 4.92. The first-order valence-electron chi connectivity index (χ1n) is 11.4. The molecule has 1 unspecified atom stereocenters. The van der Waals surface area contributed by atoms with Crippen LogP contribution in [0.1, 0.15) is 54.8 Å². The summed E-state index contributed by atoms with van der Waals surface area (Å²) in [5.41, 5.74) is 3.22. The van der Waals surface area contributed by atoms with E-state index in [4.69, 9.17) is 4.74 Å². The lowest BCUT2D eigenvalue weighted by Gasteiger charge is -2.39. The number of aryl methyl sites for hydroxylation is 2. The number of hydrogen-bond donors (Lipinski definition) is 0. The monoisotopic (exact) mass is 420 g/mol. The summed E-state index contributed by atoms with van der Waals surface area (Å²) >= 11 is 0. The van der Waals surface area contributed by atoms with Crippen LogP contribution in [0, 0.1) is 13.8 Å². The topological polar surface area (TPSA) is 49.9 Å². The zero-order valence-electron chi connectivity index (χ0n) is 18.5. The normalized spacial score (nSPS) is 18.7. The first-order valence-corrected chi connectivity index (χ1v) is 11.4. The van der Waals surface area contributed by atoms with Gasteiger partial charge in [-0.15, -0.1) is 0 Å². The van der Waals surface area contributed by atoms with Crippen molar-refractivity contribution in [2.75, 3.05) is 19.6 Å². The molecule has 0 aliphatic carbocycles. The van der Waals surface area contributed by atoms with E-state index < -0.39 is 6.04 Å². The number of likely N-dealkylation sites (tertiary alicyclic amines) is 2. The number of amides is 2. The van der Waals surface area contributed by atoms with Gasteiger partial charge < -0.3 is 14.5 Å². The van der Waals surface area contributed by atoms with Crippen molar-refractivity contribution < 1.29 is 14.3 Å². The maximum atomic E-state index is 13.6. The number of carbonyl (C=O) groups is 2. The lowest BCUT2D eigenvalue weighted by atomic mass is 9.98. The van der Waals surface area contributed by atoms with Crippen LogP contribution >= 0.6 is 0 Å². The van der Waals surface area contributed by atoms with E-state index in [1.54, 1.807) is 4.90 Å². The highest BCUT2D eigenvalue weighted by Gasteiger charge is 2.36. The molecule has 2 aromatic carbocycles. The van der Waals surface area contributed by atoms with Crippen LogP contribution in [0.15, 0.2) is 48.5 Å². The summed E-state index contributed by atoms with van der Waals surface area (Å²) in [5, 5.41) is 0. The summed E-state index contributed by atoms with van der Waals surface area (Å²) in [6.07, 6.45) is 4.10. The van der Waals surface area contributed by atoms with Crippen molar-refractivity contribution in [2.24, 2.45) is 0 Å². The molecule has 2 fully saturated rings. The molecule has 5 heteroatoms. The number of carbonyl (C=O) groups excluding carboxylic acids is 2. The second kappa shape index (κ2) is 9.54. The lowest BCUT2D eigenvalue weighted by molar-refractivity contribution is -0.149. The molecular weight excluding hydrogens is 388 g/mol. The van der Waals surface area contributed by atoms with E-state index in [1.165, 1.54) is 5.56 Å². The summed E-state index contributed by atoms with van der Waals surface area (Å²) in [6.45, 7) is 6.09. The summed E-state index contributed by atoms with van der Waals surface area (Å²) in [6, 6.07) is 15.5. The molecule has 5 nitrogen and oxygen atoms in total. The van der Waals surface area contributed by atoms with Gasteiger partial charge in [0.1, 0.15) is 17.9 Å². The van der Waals surface area contributed by atoms with Gasteiger partial charge in [-0.05, 0) is 49.4 Å². The predicted molar refractivity (Wildman–Crippen MR) is 121 cm³/mol. The molecule has 2 heterocycles. The second-order valence-corrected chi connectivity index (χ2v) is 8.77. The third-order valence-corrected chi connectivity index (χ3v) is 6.41. The Morgan fingerprint density at radius 3 is 2.45 bits per heavy atom. The molecule has 2 saturated heterocycles. The van der Waals surface area contributed by atoms with E-state index in [0.717, 1.165) is 42.6 Å². The highest BCUT2D eigenvalue weighted by Crippen LogP contribution is 2.30. The number of hydrogen-bond acceptors (Lipinski definition) is 3. The fraction of sp³-hybridized carbons (Fsp3) is 0.462. The van der Waals surface area contributed by atoms with Gasteiger partial charge in [0.15, 0.2) is 0 Å². The van der Waals surface area contributed by atoms with Crippen molar-refractivity contribution in [3.8, 4) is 5.75 Å². The van der Waals surface area contributed by atoms with Crippen LogP contribution < -0.4 is 4.74 Å². The number of ether oxygens (including phenoxy) is 1. The molecule has 31 heavy (non-hydrogen) atoms. The third-order valence-electron chi connectivity index (χ3n) is 6.41. The van der Waals surface area contributed by atoms with Crippen LogP contribution in [0.4, 0.5) is 0 Å². The summed E-state index contributed by atoms with van der Waals surface area (Å²) in [4.78, 5) is 30.0. The van der Waals surface area contributed by atoms with Gasteiger partial charge in [0.2, 0.25) is 11.8 Å². The average Bonchev–Trinajstić information content (AvgIpc) is 2.79. The zero-order chi connectivity index (χ0) is 21.8. The summed E-state index contributed by atoms with van der Waals surface area (Å²) < 4.78 is 6.27. The summed E-state index contributed by atoms with van der Waals surface area (Å²) in [7, 11) is 0. The second-order valence-electron chi connectivity index (χ2n) is 8.77. The summed E-state index contributed by atoms with van der Waals surface area (Å²) in [5.74, 6) is 1.05. The molecule has 2 aromatic rings. The van der Waals surface area contributed by atoms with Crippen LogP contribution in [-0.2, 0) is 9.59 Å². The maximum absolute atomic E-state index is 13.6. The maximum Gasteiger partial charge on any atom is 0.250 e. The Bertz CT molecular complexity index is 920. The molecule has 0 aromatic heterocycles. The lowest BCUT2D eigenvalue weighted by Crippen LogP contribution is -2.50. The van der Waals surface area contributed by atoms with Gasteiger partial charge in [-0.2, -0.15) is 0 Å². The SMILES string of the molecule is Cc1ccc(C)c(OC2CCN(C(=O)C(c3ccccc3)N3CCCCC3=O)CC2)c1. The van der Waals surface area contributed by atoms with Crippen LogP contribution in [0.5, 0.6) is 5.75 Å². The molecule has 2 amide bonds. The van der Waals surface area contributed by atoms with Gasteiger partial charge >= 0.3 is 0 Å². The van der Waals surface area contributed by atoms with Gasteiger partial charge in [0, 0.05) is 38.9 Å². The van der Waals surface area contributed by atoms with Crippen LogP contribution in [0.2, 0.25) is 0 Å². The van der Waals surface area contributed by atoms with Crippen molar-refractivity contribution in [3.63, 3.8) is 0 Å². The number of rotatable bonds is 5. The van der Waals surface area contributed by atoms with Crippen molar-refractivity contribution in [1.29, 1.82) is 0 Å². The number of nitrogens with zero attached hydrogens (tertiary/aromatic N) is 2. The molecule has 0 N–H and O–H groups in total. The van der Waals surface area contributed by atoms with Crippen molar-refractivity contribution in [3.05, 3.63) is 65.2 Å². The Balaban J connectivity index is 1.45. The Hall–Kier alpha value is -2.82. The minimum absolute atomic E-state index is 0.0339. The molecule has 0 spiro atoms. The van der Waals surface area contributed by atoms with Gasteiger partial charge in [0.05, 0.1) is 0 Å². The minimum Gasteiger partial charge on any atom is -0.490 e. The zero-order valence-corrected chi connectivity index (χ0v) is 18.5. The van der Waals surface area contributed by atoms with Gasteiger partial charge in [0.25, 0.3) is 0 Å². The molecule has 4 rings (SSSR count). The molecule has 164 valence electrons. The average molecular weight is 421 g/mol. The largest absolute Gasteiger partial charge is 0.490 e. The Morgan fingerprint density at radius 1 is 1.00 bits per heavy atom. The highest BCUT2D eigenvalue weighted by atomic mass is 16.5. The molecular formula is C26H32N2O3. The smallest absolute Gasteiger partial charge is 0.250 e. The van der Waals surface area contributed by atoms with Crippen molar-refractivity contribution in [2.45, 2.75) is 58.1 Å². The predicted octanol–water partition coefficient (Wildman–Crippen LogP) is 4.43.